The summed E-state index contributed by atoms with van der Waals surface area (Å²) in [7, 11) is 0. The molecule has 3 heteroatoms. The molecule has 3 rings (SSSR count). The van der Waals surface area contributed by atoms with Gasteiger partial charge in [-0.3, -0.25) is 0 Å². The highest BCUT2D eigenvalue weighted by Gasteiger charge is 2.13. The molecular formula is C21H27NO2. The number of rotatable bonds is 8. The van der Waals surface area contributed by atoms with E-state index in [-0.39, 0.29) is 0 Å². The normalized spacial score (nSPS) is 15.0. The van der Waals surface area contributed by atoms with Crippen LogP contribution in [0.3, 0.4) is 0 Å². The van der Waals surface area contributed by atoms with E-state index in [0.29, 0.717) is 13.2 Å². The van der Waals surface area contributed by atoms with Crippen molar-refractivity contribution < 1.29 is 9.47 Å². The molecule has 0 bridgehead atoms. The standard InChI is InChI=1S/C21H27NO2/c1-3-9-18(10-4-1)17-22-20-13-7-8-14-21(20)24-16-15-23-19-11-5-2-6-12-19/h2,5-8,11-14,18,22H,1,3-4,9-10,15-17H2. The van der Waals surface area contributed by atoms with Gasteiger partial charge in [0.1, 0.15) is 24.7 Å². The maximum atomic E-state index is 5.91. The zero-order chi connectivity index (χ0) is 16.5. The second-order valence-corrected chi connectivity index (χ2v) is 6.39. The lowest BCUT2D eigenvalue weighted by molar-refractivity contribution is 0.217. The first-order valence-electron chi connectivity index (χ1n) is 9.05. The number of hydrogen-bond acceptors (Lipinski definition) is 3. The van der Waals surface area contributed by atoms with Gasteiger partial charge in [-0.1, -0.05) is 49.6 Å². The van der Waals surface area contributed by atoms with Crippen LogP contribution in [0.1, 0.15) is 32.1 Å². The van der Waals surface area contributed by atoms with Gasteiger partial charge >= 0.3 is 0 Å². The molecule has 128 valence electrons. The quantitative estimate of drug-likeness (QED) is 0.682. The molecule has 0 heterocycles. The molecule has 0 aliphatic heterocycles. The molecule has 1 N–H and O–H groups in total. The minimum Gasteiger partial charge on any atom is -0.490 e. The number of ether oxygens (including phenoxy) is 2. The Morgan fingerprint density at radius 1 is 0.792 bits per heavy atom. The highest BCUT2D eigenvalue weighted by molar-refractivity contribution is 5.56. The fourth-order valence-electron chi connectivity index (χ4n) is 3.21. The average molecular weight is 325 g/mol. The van der Waals surface area contributed by atoms with Crippen LogP contribution in [0.5, 0.6) is 11.5 Å². The monoisotopic (exact) mass is 325 g/mol. The summed E-state index contributed by atoms with van der Waals surface area (Å²) in [5.41, 5.74) is 1.09. The molecule has 0 atom stereocenters. The fraction of sp³-hybridized carbons (Fsp3) is 0.429. The summed E-state index contributed by atoms with van der Waals surface area (Å²) >= 11 is 0. The maximum absolute atomic E-state index is 5.91. The van der Waals surface area contributed by atoms with Crippen LogP contribution in [-0.2, 0) is 0 Å². The first kappa shape index (κ1) is 16.7. The van der Waals surface area contributed by atoms with Gasteiger partial charge in [0.05, 0.1) is 5.69 Å². The third-order valence-corrected chi connectivity index (χ3v) is 4.55. The minimum absolute atomic E-state index is 0.539. The van der Waals surface area contributed by atoms with E-state index in [9.17, 15) is 0 Å². The van der Waals surface area contributed by atoms with Crippen LogP contribution < -0.4 is 14.8 Å². The first-order chi connectivity index (χ1) is 11.9. The third-order valence-electron chi connectivity index (χ3n) is 4.55. The molecule has 1 saturated carbocycles. The van der Waals surface area contributed by atoms with Crippen molar-refractivity contribution in [3.05, 3.63) is 54.6 Å². The van der Waals surface area contributed by atoms with Crippen LogP contribution in [0.4, 0.5) is 5.69 Å². The fourth-order valence-corrected chi connectivity index (χ4v) is 3.21. The van der Waals surface area contributed by atoms with Crippen LogP contribution >= 0.6 is 0 Å². The zero-order valence-electron chi connectivity index (χ0n) is 14.2. The van der Waals surface area contributed by atoms with Crippen LogP contribution in [0.25, 0.3) is 0 Å². The molecule has 2 aromatic rings. The van der Waals surface area contributed by atoms with Crippen LogP contribution in [0.2, 0.25) is 0 Å². The Hall–Kier alpha value is -2.16. The summed E-state index contributed by atoms with van der Waals surface area (Å²) < 4.78 is 11.6. The van der Waals surface area contributed by atoms with E-state index in [4.69, 9.17) is 9.47 Å². The lowest BCUT2D eigenvalue weighted by Gasteiger charge is -2.23. The molecule has 2 aromatic carbocycles. The van der Waals surface area contributed by atoms with Crippen molar-refractivity contribution in [2.45, 2.75) is 32.1 Å². The highest BCUT2D eigenvalue weighted by atomic mass is 16.5. The van der Waals surface area contributed by atoms with Crippen LogP contribution in [0.15, 0.2) is 54.6 Å². The molecule has 3 nitrogen and oxygen atoms in total. The lowest BCUT2D eigenvalue weighted by atomic mass is 9.89. The molecule has 0 aromatic heterocycles. The zero-order valence-corrected chi connectivity index (χ0v) is 14.2. The molecular weight excluding hydrogens is 298 g/mol. The van der Waals surface area contributed by atoms with E-state index in [0.717, 1.165) is 29.6 Å². The van der Waals surface area contributed by atoms with E-state index in [2.05, 4.69) is 17.4 Å². The first-order valence-corrected chi connectivity index (χ1v) is 9.05. The highest BCUT2D eigenvalue weighted by Crippen LogP contribution is 2.27. The van der Waals surface area contributed by atoms with Crippen molar-refractivity contribution in [3.8, 4) is 11.5 Å². The molecule has 0 amide bonds. The van der Waals surface area contributed by atoms with Gasteiger partial charge in [-0.2, -0.15) is 0 Å². The van der Waals surface area contributed by atoms with Crippen LogP contribution in [0, 0.1) is 5.92 Å². The summed E-state index contributed by atoms with van der Waals surface area (Å²) in [6.45, 7) is 2.12. The van der Waals surface area contributed by atoms with Gasteiger partial charge in [0.2, 0.25) is 0 Å². The predicted octanol–water partition coefficient (Wildman–Crippen LogP) is 5.14. The van der Waals surface area contributed by atoms with E-state index < -0.39 is 0 Å². The summed E-state index contributed by atoms with van der Waals surface area (Å²) in [6.07, 6.45) is 6.85. The van der Waals surface area contributed by atoms with Gasteiger partial charge < -0.3 is 14.8 Å². The summed E-state index contributed by atoms with van der Waals surface area (Å²) in [5, 5.41) is 3.58. The van der Waals surface area contributed by atoms with E-state index in [1.807, 2.05) is 42.5 Å². The summed E-state index contributed by atoms with van der Waals surface area (Å²) in [4.78, 5) is 0. The minimum atomic E-state index is 0.539. The molecule has 1 fully saturated rings. The number of benzene rings is 2. The number of para-hydroxylation sites is 3. The van der Waals surface area contributed by atoms with Gasteiger partial charge in [0, 0.05) is 6.54 Å². The maximum Gasteiger partial charge on any atom is 0.142 e. The average Bonchev–Trinajstić information content (AvgIpc) is 2.66. The number of anilines is 1. The van der Waals surface area contributed by atoms with Crippen molar-refractivity contribution in [3.63, 3.8) is 0 Å². The van der Waals surface area contributed by atoms with E-state index in [1.165, 1.54) is 32.1 Å². The number of hydrogen-bond donors (Lipinski definition) is 1. The van der Waals surface area contributed by atoms with Crippen molar-refractivity contribution in [2.24, 2.45) is 5.92 Å². The third kappa shape index (κ3) is 5.19. The van der Waals surface area contributed by atoms with Crippen LogP contribution in [-0.4, -0.2) is 19.8 Å². The van der Waals surface area contributed by atoms with Gasteiger partial charge in [0.15, 0.2) is 0 Å². The Morgan fingerprint density at radius 3 is 2.33 bits per heavy atom. The van der Waals surface area contributed by atoms with Crippen molar-refractivity contribution in [1.29, 1.82) is 0 Å². The summed E-state index contributed by atoms with van der Waals surface area (Å²) in [6, 6.07) is 18.0. The Bertz CT molecular complexity index is 594. The summed E-state index contributed by atoms with van der Waals surface area (Å²) in [5.74, 6) is 2.59. The van der Waals surface area contributed by atoms with Gasteiger partial charge in [-0.05, 0) is 43.0 Å². The Labute approximate surface area is 145 Å². The smallest absolute Gasteiger partial charge is 0.142 e. The second-order valence-electron chi connectivity index (χ2n) is 6.39. The lowest BCUT2D eigenvalue weighted by Crippen LogP contribution is -2.18. The van der Waals surface area contributed by atoms with E-state index in [1.54, 1.807) is 0 Å². The molecule has 0 unspecified atom stereocenters. The Balaban J connectivity index is 1.44. The predicted molar refractivity (Wildman–Crippen MR) is 98.9 cm³/mol. The molecule has 0 radical (unpaired) electrons. The van der Waals surface area contributed by atoms with E-state index >= 15 is 0 Å². The van der Waals surface area contributed by atoms with Crippen molar-refractivity contribution in [2.75, 3.05) is 25.1 Å². The molecule has 1 aliphatic carbocycles. The van der Waals surface area contributed by atoms with Crippen molar-refractivity contribution >= 4 is 5.69 Å². The van der Waals surface area contributed by atoms with Gasteiger partial charge in [-0.25, -0.2) is 0 Å². The number of nitrogens with one attached hydrogen (secondary N) is 1. The Morgan fingerprint density at radius 2 is 1.50 bits per heavy atom. The molecule has 0 spiro atoms. The van der Waals surface area contributed by atoms with Crippen molar-refractivity contribution in [1.82, 2.24) is 0 Å². The second kappa shape index (κ2) is 9.21. The SMILES string of the molecule is c1ccc(OCCOc2ccccc2NCC2CCCCC2)cc1. The van der Waals surface area contributed by atoms with Gasteiger partial charge in [-0.15, -0.1) is 0 Å². The largest absolute Gasteiger partial charge is 0.490 e. The molecule has 0 saturated heterocycles. The molecule has 24 heavy (non-hydrogen) atoms. The molecule has 1 aliphatic rings. The Kier molecular flexibility index (Phi) is 6.41. The van der Waals surface area contributed by atoms with Gasteiger partial charge in [0.25, 0.3) is 0 Å². The topological polar surface area (TPSA) is 30.5 Å².